The Hall–Kier alpha value is -2.26. The van der Waals surface area contributed by atoms with Gasteiger partial charge in [-0.2, -0.15) is 0 Å². The Morgan fingerprint density at radius 3 is 2.62 bits per heavy atom. The number of rotatable bonds is 11. The largest absolute Gasteiger partial charge is 0.454 e. The summed E-state index contributed by atoms with van der Waals surface area (Å²) in [6.45, 7) is 10.5. The van der Waals surface area contributed by atoms with Crippen molar-refractivity contribution in [3.8, 4) is 11.5 Å². The number of benzene rings is 2. The minimum atomic E-state index is -0.234. The maximum absolute atomic E-state index is 11.9. The predicted octanol–water partition coefficient (Wildman–Crippen LogP) is 4.49. The summed E-state index contributed by atoms with van der Waals surface area (Å²) in [5.74, 6) is 2.39. The molecule has 0 spiro atoms. The minimum absolute atomic E-state index is 0.190. The van der Waals surface area contributed by atoms with Gasteiger partial charge in [0.2, 0.25) is 12.7 Å². The van der Waals surface area contributed by atoms with Gasteiger partial charge >= 0.3 is 0 Å². The number of primary amides is 1. The first-order valence-corrected chi connectivity index (χ1v) is 14.1. The molecule has 0 aromatic heterocycles. The van der Waals surface area contributed by atoms with E-state index >= 15 is 0 Å². The lowest BCUT2D eigenvalue weighted by Gasteiger charge is -2.37. The number of nitrogens with zero attached hydrogens (tertiary/aromatic N) is 3. The Balaban J connectivity index is 1.59. The normalized spacial score (nSPS) is 18.6. The third kappa shape index (κ3) is 7.63. The van der Waals surface area contributed by atoms with Crippen LogP contribution in [0.4, 0.5) is 0 Å². The van der Waals surface area contributed by atoms with Crippen molar-refractivity contribution >= 4 is 17.9 Å². The summed E-state index contributed by atoms with van der Waals surface area (Å²) in [5.41, 5.74) is 9.46. The molecule has 8 heteroatoms. The first kappa shape index (κ1) is 27.8. The van der Waals surface area contributed by atoms with Gasteiger partial charge in [0.05, 0.1) is 6.04 Å². The molecule has 37 heavy (non-hydrogen) atoms. The molecule has 1 unspecified atom stereocenters. The van der Waals surface area contributed by atoms with Gasteiger partial charge in [0.15, 0.2) is 11.5 Å². The number of para-hydroxylation sites is 1. The molecule has 2 aliphatic rings. The van der Waals surface area contributed by atoms with Crippen molar-refractivity contribution in [1.29, 1.82) is 0 Å². The van der Waals surface area contributed by atoms with E-state index in [1.54, 1.807) is 11.9 Å². The zero-order valence-corrected chi connectivity index (χ0v) is 23.7. The first-order chi connectivity index (χ1) is 17.6. The lowest BCUT2D eigenvalue weighted by molar-refractivity contribution is -0.121. The lowest BCUT2D eigenvalue weighted by atomic mass is 9.87. The van der Waals surface area contributed by atoms with E-state index in [4.69, 9.17) is 15.2 Å². The Morgan fingerprint density at radius 2 is 1.89 bits per heavy atom. The Kier molecular flexibility index (Phi) is 9.06. The van der Waals surface area contributed by atoms with Crippen LogP contribution in [0.5, 0.6) is 11.5 Å². The second-order valence-electron chi connectivity index (χ2n) is 11.7. The number of fused-ring (bicyclic) bond motifs is 1. The van der Waals surface area contributed by atoms with E-state index in [2.05, 4.69) is 85.4 Å². The molecule has 2 aromatic carbocycles. The molecule has 2 aliphatic heterocycles. The fourth-order valence-corrected chi connectivity index (χ4v) is 6.47. The molecular formula is C29H42N4O3S. The van der Waals surface area contributed by atoms with Crippen molar-refractivity contribution in [3.63, 3.8) is 0 Å². The average Bonchev–Trinajstić information content (AvgIpc) is 3.47. The number of amides is 1. The van der Waals surface area contributed by atoms with Gasteiger partial charge in [0.1, 0.15) is 0 Å². The van der Waals surface area contributed by atoms with E-state index in [1.807, 2.05) is 6.07 Å². The fraction of sp³-hybridized carbons (Fsp3) is 0.552. The van der Waals surface area contributed by atoms with Crippen LogP contribution >= 0.6 is 11.9 Å². The highest BCUT2D eigenvalue weighted by Crippen LogP contribution is 2.37. The molecule has 4 rings (SSSR count). The number of carbonyl (C=O) groups is 1. The molecule has 1 saturated heterocycles. The maximum atomic E-state index is 11.9. The van der Waals surface area contributed by atoms with Crippen molar-refractivity contribution in [2.75, 3.05) is 33.2 Å². The molecule has 0 radical (unpaired) electrons. The predicted molar refractivity (Wildman–Crippen MR) is 150 cm³/mol. The quantitative estimate of drug-likeness (QED) is 0.433. The Labute approximate surface area is 226 Å². The van der Waals surface area contributed by atoms with Gasteiger partial charge in [-0.1, -0.05) is 69.1 Å². The van der Waals surface area contributed by atoms with Crippen LogP contribution in [0.1, 0.15) is 50.3 Å². The summed E-state index contributed by atoms with van der Waals surface area (Å²) < 4.78 is 13.7. The monoisotopic (exact) mass is 526 g/mol. The second kappa shape index (κ2) is 12.1. The molecular weight excluding hydrogens is 484 g/mol. The fourth-order valence-electron chi connectivity index (χ4n) is 5.28. The second-order valence-corrected chi connectivity index (χ2v) is 12.8. The summed E-state index contributed by atoms with van der Waals surface area (Å²) in [7, 11) is 4.29. The van der Waals surface area contributed by atoms with Crippen molar-refractivity contribution in [1.82, 2.24) is 14.1 Å². The lowest BCUT2D eigenvalue weighted by Crippen LogP contribution is -2.43. The van der Waals surface area contributed by atoms with E-state index in [9.17, 15) is 4.79 Å². The standard InChI is InChI=1S/C29H42N4O3S/c1-29(2,3)15-24(19-31(4)5)32(18-23-10-7-11-26-27(23)36-20-35-26)16-21-8-6-9-22(14-21)17-33-25(28(30)34)12-13-37-33/h6-11,14,24-25H,12-13,15-20H2,1-5H3,(H2,30,34)/t24-,25?/m0/s1. The van der Waals surface area contributed by atoms with Crippen molar-refractivity contribution in [2.45, 2.75) is 65.3 Å². The van der Waals surface area contributed by atoms with Crippen LogP contribution in [0.25, 0.3) is 0 Å². The van der Waals surface area contributed by atoms with E-state index in [1.165, 1.54) is 11.1 Å². The van der Waals surface area contributed by atoms with Gasteiger partial charge in [-0.05, 0) is 49.5 Å². The van der Waals surface area contributed by atoms with E-state index in [0.29, 0.717) is 12.6 Å². The third-order valence-corrected chi connectivity index (χ3v) is 7.97. The van der Waals surface area contributed by atoms with Crippen LogP contribution in [0.3, 0.4) is 0 Å². The SMILES string of the molecule is CN(C)C[C@H](CC(C)(C)C)N(Cc1cccc(CN2SCCC2C(N)=O)c1)Cc1cccc2c1OCO2. The van der Waals surface area contributed by atoms with Gasteiger partial charge in [-0.25, -0.2) is 4.31 Å². The summed E-state index contributed by atoms with van der Waals surface area (Å²) in [5, 5.41) is 0. The molecule has 1 amide bonds. The van der Waals surface area contributed by atoms with E-state index < -0.39 is 0 Å². The van der Waals surface area contributed by atoms with E-state index in [-0.39, 0.29) is 24.2 Å². The van der Waals surface area contributed by atoms with Gasteiger partial charge in [0, 0.05) is 43.5 Å². The van der Waals surface area contributed by atoms with Crippen molar-refractivity contribution in [3.05, 3.63) is 59.2 Å². The Bertz CT molecular complexity index is 1070. The van der Waals surface area contributed by atoms with Crippen LogP contribution in [-0.2, 0) is 24.4 Å². The van der Waals surface area contributed by atoms with Gasteiger partial charge in [-0.15, -0.1) is 0 Å². The smallest absolute Gasteiger partial charge is 0.235 e. The number of hydrogen-bond acceptors (Lipinski definition) is 7. The molecule has 0 bridgehead atoms. The van der Waals surface area contributed by atoms with Crippen LogP contribution < -0.4 is 15.2 Å². The highest BCUT2D eigenvalue weighted by molar-refractivity contribution is 7.97. The minimum Gasteiger partial charge on any atom is -0.454 e. The number of ether oxygens (including phenoxy) is 2. The zero-order chi connectivity index (χ0) is 26.6. The highest BCUT2D eigenvalue weighted by atomic mass is 32.2. The number of likely N-dealkylation sites (N-methyl/N-ethyl adjacent to an activating group) is 1. The average molecular weight is 527 g/mol. The Morgan fingerprint density at radius 1 is 1.14 bits per heavy atom. The molecule has 202 valence electrons. The van der Waals surface area contributed by atoms with E-state index in [0.717, 1.165) is 55.3 Å². The number of carbonyl (C=O) groups excluding carboxylic acids is 1. The molecule has 2 heterocycles. The van der Waals surface area contributed by atoms with Crippen LogP contribution in [0.15, 0.2) is 42.5 Å². The first-order valence-electron chi connectivity index (χ1n) is 13.1. The van der Waals surface area contributed by atoms with Gasteiger partial charge in [-0.3, -0.25) is 9.69 Å². The molecule has 7 nitrogen and oxygen atoms in total. The van der Waals surface area contributed by atoms with Crippen LogP contribution in [-0.4, -0.2) is 65.3 Å². The van der Waals surface area contributed by atoms with Crippen LogP contribution in [0.2, 0.25) is 0 Å². The molecule has 0 saturated carbocycles. The van der Waals surface area contributed by atoms with Crippen molar-refractivity contribution in [2.24, 2.45) is 11.1 Å². The van der Waals surface area contributed by atoms with Gasteiger partial charge in [0.25, 0.3) is 0 Å². The highest BCUT2D eigenvalue weighted by Gasteiger charge is 2.30. The van der Waals surface area contributed by atoms with Crippen LogP contribution in [0, 0.1) is 5.41 Å². The number of nitrogens with two attached hydrogens (primary N) is 1. The molecule has 2 aromatic rings. The molecule has 2 atom stereocenters. The van der Waals surface area contributed by atoms with Gasteiger partial charge < -0.3 is 20.1 Å². The summed E-state index contributed by atoms with van der Waals surface area (Å²) >= 11 is 1.72. The summed E-state index contributed by atoms with van der Waals surface area (Å²) in [6.07, 6.45) is 1.89. The summed E-state index contributed by atoms with van der Waals surface area (Å²) in [4.78, 5) is 16.7. The molecule has 0 aliphatic carbocycles. The molecule has 1 fully saturated rings. The molecule has 2 N–H and O–H groups in total. The topological polar surface area (TPSA) is 71.3 Å². The maximum Gasteiger partial charge on any atom is 0.235 e. The number of hydrogen-bond donors (Lipinski definition) is 1. The third-order valence-electron chi connectivity index (χ3n) is 6.83. The van der Waals surface area contributed by atoms with Crippen molar-refractivity contribution < 1.29 is 14.3 Å². The summed E-state index contributed by atoms with van der Waals surface area (Å²) in [6, 6.07) is 15.1. The zero-order valence-electron chi connectivity index (χ0n) is 22.9.